The lowest BCUT2D eigenvalue weighted by atomic mass is 10.2. The number of halogens is 4. The maximum Gasteiger partial charge on any atom is 0.276 e. The Morgan fingerprint density at radius 2 is 1.74 bits per heavy atom. The van der Waals surface area contributed by atoms with Gasteiger partial charge >= 0.3 is 0 Å². The Labute approximate surface area is 157 Å². The Balaban J connectivity index is 1.65. The van der Waals surface area contributed by atoms with Gasteiger partial charge in [0.25, 0.3) is 5.91 Å². The number of hydrogen-bond acceptors (Lipinski definition) is 4. The summed E-state index contributed by atoms with van der Waals surface area (Å²) in [5.74, 6) is -4.93. The second-order valence-electron chi connectivity index (χ2n) is 5.43. The van der Waals surface area contributed by atoms with Gasteiger partial charge in [-0.15, -0.1) is 10.2 Å². The van der Waals surface area contributed by atoms with E-state index in [9.17, 15) is 18.0 Å². The lowest BCUT2D eigenvalue weighted by Crippen LogP contribution is -2.16. The van der Waals surface area contributed by atoms with E-state index < -0.39 is 29.0 Å². The van der Waals surface area contributed by atoms with E-state index in [4.69, 9.17) is 11.6 Å². The van der Waals surface area contributed by atoms with Gasteiger partial charge in [-0.1, -0.05) is 29.8 Å². The smallest absolute Gasteiger partial charge is 0.276 e. The number of benzene rings is 2. The second kappa shape index (κ2) is 8.05. The molecule has 2 N–H and O–H groups in total. The van der Waals surface area contributed by atoms with Crippen molar-refractivity contribution in [3.05, 3.63) is 82.3 Å². The van der Waals surface area contributed by atoms with Crippen LogP contribution in [0.3, 0.4) is 0 Å². The SMILES string of the molecule is O=C(Nc1ccc(F)c(F)c1F)c1ccc(NCc2ccccc2Cl)nn1. The molecule has 0 saturated carbocycles. The minimum Gasteiger partial charge on any atom is -0.364 e. The van der Waals surface area contributed by atoms with Crippen molar-refractivity contribution in [2.24, 2.45) is 0 Å². The molecule has 0 unspecified atom stereocenters. The van der Waals surface area contributed by atoms with Crippen molar-refractivity contribution >= 4 is 29.0 Å². The summed E-state index contributed by atoms with van der Waals surface area (Å²) in [5.41, 5.74) is 0.237. The maximum atomic E-state index is 13.6. The zero-order valence-electron chi connectivity index (χ0n) is 13.6. The van der Waals surface area contributed by atoms with Crippen LogP contribution in [0.2, 0.25) is 5.02 Å². The number of rotatable bonds is 5. The van der Waals surface area contributed by atoms with Crippen LogP contribution in [0.15, 0.2) is 48.5 Å². The first kappa shape index (κ1) is 18.7. The molecule has 5 nitrogen and oxygen atoms in total. The van der Waals surface area contributed by atoms with E-state index in [1.54, 1.807) is 6.07 Å². The average molecular weight is 393 g/mol. The highest BCUT2D eigenvalue weighted by Gasteiger charge is 2.17. The molecule has 0 saturated heterocycles. The van der Waals surface area contributed by atoms with Gasteiger partial charge in [-0.25, -0.2) is 13.2 Å². The van der Waals surface area contributed by atoms with Crippen LogP contribution in [0.1, 0.15) is 16.1 Å². The predicted octanol–water partition coefficient (Wildman–Crippen LogP) is 4.41. The molecule has 1 amide bonds. The molecule has 0 radical (unpaired) electrons. The molecule has 27 heavy (non-hydrogen) atoms. The number of carbonyl (C=O) groups excluding carboxylic acids is 1. The van der Waals surface area contributed by atoms with E-state index in [0.29, 0.717) is 23.5 Å². The summed E-state index contributed by atoms with van der Waals surface area (Å²) in [6.07, 6.45) is 0. The van der Waals surface area contributed by atoms with E-state index >= 15 is 0 Å². The number of amides is 1. The van der Waals surface area contributed by atoms with E-state index in [0.717, 1.165) is 11.6 Å². The van der Waals surface area contributed by atoms with Crippen molar-refractivity contribution in [2.45, 2.75) is 6.54 Å². The van der Waals surface area contributed by atoms with Crippen LogP contribution in [0.4, 0.5) is 24.7 Å². The monoisotopic (exact) mass is 392 g/mol. The molecular weight excluding hydrogens is 381 g/mol. The summed E-state index contributed by atoms with van der Waals surface area (Å²) in [7, 11) is 0. The van der Waals surface area contributed by atoms with Crippen molar-refractivity contribution in [1.29, 1.82) is 0 Å². The van der Waals surface area contributed by atoms with E-state index in [1.807, 2.05) is 18.2 Å². The van der Waals surface area contributed by atoms with Gasteiger partial charge in [-0.2, -0.15) is 0 Å². The average Bonchev–Trinajstić information content (AvgIpc) is 2.68. The van der Waals surface area contributed by atoms with E-state index in [2.05, 4.69) is 20.8 Å². The fraction of sp³-hybridized carbons (Fsp3) is 0.0556. The Morgan fingerprint density at radius 3 is 2.44 bits per heavy atom. The lowest BCUT2D eigenvalue weighted by molar-refractivity contribution is 0.102. The van der Waals surface area contributed by atoms with Crippen LogP contribution in [-0.4, -0.2) is 16.1 Å². The quantitative estimate of drug-likeness (QED) is 0.631. The number of anilines is 2. The lowest BCUT2D eigenvalue weighted by Gasteiger charge is -2.08. The van der Waals surface area contributed by atoms with Crippen LogP contribution < -0.4 is 10.6 Å². The molecule has 0 atom stereocenters. The molecule has 9 heteroatoms. The number of nitrogens with one attached hydrogen (secondary N) is 2. The van der Waals surface area contributed by atoms with E-state index in [-0.39, 0.29) is 5.69 Å². The van der Waals surface area contributed by atoms with E-state index in [1.165, 1.54) is 12.1 Å². The van der Waals surface area contributed by atoms with Crippen LogP contribution >= 0.6 is 11.6 Å². The van der Waals surface area contributed by atoms with Gasteiger partial charge in [0.15, 0.2) is 23.1 Å². The second-order valence-corrected chi connectivity index (χ2v) is 5.83. The normalized spacial score (nSPS) is 10.5. The number of aromatic nitrogens is 2. The molecule has 3 aromatic rings. The van der Waals surface area contributed by atoms with Gasteiger partial charge in [0.05, 0.1) is 5.69 Å². The molecule has 1 aromatic heterocycles. The fourth-order valence-electron chi connectivity index (χ4n) is 2.18. The van der Waals surface area contributed by atoms with Crippen molar-refractivity contribution in [3.8, 4) is 0 Å². The first-order valence-corrected chi connectivity index (χ1v) is 8.09. The minimum atomic E-state index is -1.67. The highest BCUT2D eigenvalue weighted by atomic mass is 35.5. The first-order valence-electron chi connectivity index (χ1n) is 7.71. The van der Waals surface area contributed by atoms with Crippen molar-refractivity contribution in [2.75, 3.05) is 10.6 Å². The molecule has 0 bridgehead atoms. The summed E-state index contributed by atoms with van der Waals surface area (Å²) >= 11 is 6.06. The molecule has 1 heterocycles. The highest BCUT2D eigenvalue weighted by molar-refractivity contribution is 6.31. The van der Waals surface area contributed by atoms with Crippen LogP contribution in [0.25, 0.3) is 0 Å². The molecule has 0 aliphatic carbocycles. The Kier molecular flexibility index (Phi) is 5.56. The third-order valence-corrected chi connectivity index (χ3v) is 3.97. The predicted molar refractivity (Wildman–Crippen MR) is 95.1 cm³/mol. The van der Waals surface area contributed by atoms with Crippen molar-refractivity contribution in [1.82, 2.24) is 10.2 Å². The fourth-order valence-corrected chi connectivity index (χ4v) is 2.39. The molecule has 2 aromatic carbocycles. The molecule has 138 valence electrons. The topological polar surface area (TPSA) is 66.9 Å². The van der Waals surface area contributed by atoms with Crippen molar-refractivity contribution in [3.63, 3.8) is 0 Å². The van der Waals surface area contributed by atoms with Gasteiger partial charge in [-0.05, 0) is 35.9 Å². The highest BCUT2D eigenvalue weighted by Crippen LogP contribution is 2.20. The summed E-state index contributed by atoms with van der Waals surface area (Å²) in [4.78, 5) is 12.1. The molecule has 0 spiro atoms. The molecule has 0 aliphatic rings. The number of carbonyl (C=O) groups is 1. The summed E-state index contributed by atoms with van der Waals surface area (Å²) in [5, 5.41) is 13.3. The van der Waals surface area contributed by atoms with Crippen LogP contribution in [0.5, 0.6) is 0 Å². The molecule has 0 fully saturated rings. The third kappa shape index (κ3) is 4.35. The van der Waals surface area contributed by atoms with Gasteiger partial charge < -0.3 is 10.6 Å². The summed E-state index contributed by atoms with van der Waals surface area (Å²) in [6.45, 7) is 0.403. The molecule has 0 aliphatic heterocycles. The van der Waals surface area contributed by atoms with Gasteiger partial charge in [0.1, 0.15) is 5.82 Å². The number of hydrogen-bond donors (Lipinski definition) is 2. The maximum absolute atomic E-state index is 13.6. The zero-order valence-corrected chi connectivity index (χ0v) is 14.4. The van der Waals surface area contributed by atoms with Crippen LogP contribution in [-0.2, 0) is 6.54 Å². The number of nitrogens with zero attached hydrogens (tertiary/aromatic N) is 2. The molecular formula is C18H12ClF3N4O. The van der Waals surface area contributed by atoms with Gasteiger partial charge in [0, 0.05) is 11.6 Å². The Morgan fingerprint density at radius 1 is 0.963 bits per heavy atom. The van der Waals surface area contributed by atoms with Gasteiger partial charge in [-0.3, -0.25) is 4.79 Å². The Hall–Kier alpha value is -3.13. The molecule has 3 rings (SSSR count). The van der Waals surface area contributed by atoms with Crippen LogP contribution in [0, 0.1) is 17.5 Å². The standard InChI is InChI=1S/C18H12ClF3N4O/c19-11-4-2-1-3-10(11)9-23-15-8-7-14(25-26-15)18(27)24-13-6-5-12(20)16(21)17(13)22/h1-8H,9H2,(H,23,26)(H,24,27). The first-order chi connectivity index (χ1) is 13.0. The Bertz CT molecular complexity index is 983. The summed E-state index contributed by atoms with van der Waals surface area (Å²) < 4.78 is 39.7. The zero-order chi connectivity index (χ0) is 19.4. The largest absolute Gasteiger partial charge is 0.364 e. The summed E-state index contributed by atoms with van der Waals surface area (Å²) in [6, 6.07) is 11.7. The minimum absolute atomic E-state index is 0.123. The van der Waals surface area contributed by atoms with Gasteiger partial charge in [0.2, 0.25) is 0 Å². The third-order valence-electron chi connectivity index (χ3n) is 3.60. The van der Waals surface area contributed by atoms with Crippen molar-refractivity contribution < 1.29 is 18.0 Å².